The van der Waals surface area contributed by atoms with Crippen LogP contribution in [-0.4, -0.2) is 30.0 Å². The van der Waals surface area contributed by atoms with Crippen LogP contribution in [0.4, 0.5) is 0 Å². The van der Waals surface area contributed by atoms with E-state index in [0.29, 0.717) is 12.2 Å². The molecule has 0 aliphatic heterocycles. The Hall–Kier alpha value is -0.660. The average molecular weight is 368 g/mol. The number of likely N-dealkylation sites (N-methyl/N-ethyl adjacent to an activating group) is 1. The number of carbonyl (C=O) groups excluding carboxylic acids is 1. The lowest BCUT2D eigenvalue weighted by Gasteiger charge is -2.12. The van der Waals surface area contributed by atoms with Crippen molar-refractivity contribution >= 4 is 53.4 Å². The molecule has 0 fully saturated rings. The molecule has 0 unspecified atom stereocenters. The molecule has 0 spiro atoms. The third kappa shape index (κ3) is 5.92. The number of hydrogen-bond donors (Lipinski definition) is 2. The molecule has 2 heterocycles. The summed E-state index contributed by atoms with van der Waals surface area (Å²) in [7, 11) is 0. The topological polar surface area (TPSA) is 54.0 Å². The number of aromatic nitrogens is 1. The molecule has 0 aliphatic rings. The first-order chi connectivity index (χ1) is 9.20. The Labute approximate surface area is 145 Å². The summed E-state index contributed by atoms with van der Waals surface area (Å²) in [5.74, 6) is -0.108. The van der Waals surface area contributed by atoms with E-state index < -0.39 is 0 Å². The molecular weight excluding hydrogens is 349 g/mol. The standard InChI is InChI=1S/C13H17N3OS2.2ClH/c1-3-14-9(2)7-15-12(17)10-8-19-13(16-10)11-5-4-6-18-11;;/h4-6,8-9,14H,3,7H2,1-2H3,(H,15,17);2*1H/t9-;;/m1../s1. The van der Waals surface area contributed by atoms with Gasteiger partial charge in [0.15, 0.2) is 0 Å². The van der Waals surface area contributed by atoms with Crippen molar-refractivity contribution in [1.82, 2.24) is 15.6 Å². The minimum Gasteiger partial charge on any atom is -0.349 e. The zero-order chi connectivity index (χ0) is 13.7. The number of halogens is 2. The number of nitrogens with one attached hydrogen (secondary N) is 2. The van der Waals surface area contributed by atoms with Crippen LogP contribution in [0.3, 0.4) is 0 Å². The molecule has 2 rings (SSSR count). The predicted molar refractivity (Wildman–Crippen MR) is 95.4 cm³/mol. The van der Waals surface area contributed by atoms with E-state index in [0.717, 1.165) is 16.4 Å². The highest BCUT2D eigenvalue weighted by molar-refractivity contribution is 7.20. The Bertz CT molecular complexity index is 531. The van der Waals surface area contributed by atoms with Crippen LogP contribution in [0.1, 0.15) is 24.3 Å². The average Bonchev–Trinajstić information content (AvgIpc) is 3.06. The fourth-order valence-electron chi connectivity index (χ4n) is 1.65. The number of carbonyl (C=O) groups is 1. The van der Waals surface area contributed by atoms with Crippen LogP contribution >= 0.6 is 47.5 Å². The lowest BCUT2D eigenvalue weighted by atomic mass is 10.3. The van der Waals surface area contributed by atoms with Gasteiger partial charge < -0.3 is 10.6 Å². The zero-order valence-corrected chi connectivity index (χ0v) is 15.1. The number of rotatable bonds is 6. The quantitative estimate of drug-likeness (QED) is 0.821. The van der Waals surface area contributed by atoms with Gasteiger partial charge in [0.2, 0.25) is 0 Å². The van der Waals surface area contributed by atoms with Crippen molar-refractivity contribution in [3.63, 3.8) is 0 Å². The van der Waals surface area contributed by atoms with Gasteiger partial charge in [-0.2, -0.15) is 0 Å². The first-order valence-corrected chi connectivity index (χ1v) is 7.97. The number of hydrogen-bond acceptors (Lipinski definition) is 5. The van der Waals surface area contributed by atoms with Gasteiger partial charge in [0, 0.05) is 18.0 Å². The molecule has 2 aromatic heterocycles. The van der Waals surface area contributed by atoms with Gasteiger partial charge in [-0.25, -0.2) is 4.98 Å². The molecule has 1 amide bonds. The Morgan fingerprint density at radius 1 is 1.38 bits per heavy atom. The predicted octanol–water partition coefficient (Wildman–Crippen LogP) is 3.44. The van der Waals surface area contributed by atoms with Crippen molar-refractivity contribution in [1.29, 1.82) is 0 Å². The van der Waals surface area contributed by atoms with Crippen molar-refractivity contribution in [2.24, 2.45) is 0 Å². The van der Waals surface area contributed by atoms with Crippen LogP contribution < -0.4 is 10.6 Å². The fraction of sp³-hybridized carbons (Fsp3) is 0.385. The number of thiophene rings is 1. The number of amides is 1. The van der Waals surface area contributed by atoms with Crippen LogP contribution in [0.25, 0.3) is 9.88 Å². The van der Waals surface area contributed by atoms with Crippen molar-refractivity contribution in [3.05, 3.63) is 28.6 Å². The molecule has 4 nitrogen and oxygen atoms in total. The Kier molecular flexibility index (Phi) is 9.81. The van der Waals surface area contributed by atoms with Crippen molar-refractivity contribution in [2.45, 2.75) is 19.9 Å². The lowest BCUT2D eigenvalue weighted by Crippen LogP contribution is -2.38. The van der Waals surface area contributed by atoms with E-state index >= 15 is 0 Å². The summed E-state index contributed by atoms with van der Waals surface area (Å²) in [6.45, 7) is 5.60. The fourth-order valence-corrected chi connectivity index (χ4v) is 3.26. The highest BCUT2D eigenvalue weighted by atomic mass is 35.5. The first-order valence-electron chi connectivity index (χ1n) is 6.21. The van der Waals surface area contributed by atoms with Gasteiger partial charge in [0.05, 0.1) is 4.88 Å². The number of thiazole rings is 1. The maximum absolute atomic E-state index is 11.9. The second kappa shape index (κ2) is 10.1. The summed E-state index contributed by atoms with van der Waals surface area (Å²) in [5.41, 5.74) is 0.497. The highest BCUT2D eigenvalue weighted by Gasteiger charge is 2.12. The van der Waals surface area contributed by atoms with E-state index in [9.17, 15) is 4.79 Å². The van der Waals surface area contributed by atoms with Crippen LogP contribution in [0.2, 0.25) is 0 Å². The molecule has 8 heteroatoms. The molecule has 0 saturated heterocycles. The third-order valence-electron chi connectivity index (χ3n) is 2.59. The highest BCUT2D eigenvalue weighted by Crippen LogP contribution is 2.27. The Balaban J connectivity index is 0.00000200. The molecule has 0 saturated carbocycles. The molecular formula is C13H19Cl2N3OS2. The van der Waals surface area contributed by atoms with E-state index in [2.05, 4.69) is 15.6 Å². The largest absolute Gasteiger partial charge is 0.349 e. The smallest absolute Gasteiger partial charge is 0.270 e. The van der Waals surface area contributed by atoms with Gasteiger partial charge >= 0.3 is 0 Å². The second-order valence-corrected chi connectivity index (χ2v) is 5.99. The Morgan fingerprint density at radius 2 is 2.14 bits per heavy atom. The van der Waals surface area contributed by atoms with Crippen molar-refractivity contribution in [2.75, 3.05) is 13.1 Å². The maximum Gasteiger partial charge on any atom is 0.270 e. The Morgan fingerprint density at radius 3 is 2.76 bits per heavy atom. The normalized spacial score (nSPS) is 11.1. The van der Waals surface area contributed by atoms with Gasteiger partial charge in [-0.1, -0.05) is 13.0 Å². The van der Waals surface area contributed by atoms with Crippen molar-refractivity contribution < 1.29 is 4.79 Å². The van der Waals surface area contributed by atoms with Gasteiger partial charge in [-0.3, -0.25) is 4.79 Å². The second-order valence-electron chi connectivity index (χ2n) is 4.18. The van der Waals surface area contributed by atoms with Crippen LogP contribution in [0, 0.1) is 0 Å². The molecule has 21 heavy (non-hydrogen) atoms. The SMILES string of the molecule is CCN[C@H](C)CNC(=O)c1csc(-c2cccs2)n1.Cl.Cl. The molecule has 0 aliphatic carbocycles. The molecule has 2 aromatic rings. The first kappa shape index (κ1) is 20.3. The molecule has 0 bridgehead atoms. The van der Waals surface area contributed by atoms with Crippen LogP contribution in [0.5, 0.6) is 0 Å². The van der Waals surface area contributed by atoms with E-state index in [4.69, 9.17) is 0 Å². The van der Waals surface area contributed by atoms with Gasteiger partial charge in [-0.15, -0.1) is 47.5 Å². The third-order valence-corrected chi connectivity index (χ3v) is 4.47. The summed E-state index contributed by atoms with van der Waals surface area (Å²) in [4.78, 5) is 17.4. The monoisotopic (exact) mass is 367 g/mol. The van der Waals surface area contributed by atoms with Gasteiger partial charge in [0.25, 0.3) is 5.91 Å². The molecule has 118 valence electrons. The maximum atomic E-state index is 11.9. The van der Waals surface area contributed by atoms with Gasteiger partial charge in [-0.05, 0) is 24.9 Å². The molecule has 2 N–H and O–H groups in total. The molecule has 0 radical (unpaired) electrons. The number of nitrogens with zero attached hydrogens (tertiary/aromatic N) is 1. The lowest BCUT2D eigenvalue weighted by molar-refractivity contribution is 0.0946. The summed E-state index contributed by atoms with van der Waals surface area (Å²) < 4.78 is 0. The summed E-state index contributed by atoms with van der Waals surface area (Å²) in [6.07, 6.45) is 0. The minimum absolute atomic E-state index is 0. The van der Waals surface area contributed by atoms with Crippen molar-refractivity contribution in [3.8, 4) is 9.88 Å². The molecule has 1 atom stereocenters. The van der Waals surface area contributed by atoms with Crippen LogP contribution in [0.15, 0.2) is 22.9 Å². The van der Waals surface area contributed by atoms with E-state index in [1.165, 1.54) is 11.3 Å². The van der Waals surface area contributed by atoms with E-state index in [1.807, 2.05) is 36.7 Å². The summed E-state index contributed by atoms with van der Waals surface area (Å²) in [5, 5.41) is 10.9. The van der Waals surface area contributed by atoms with Gasteiger partial charge in [0.1, 0.15) is 10.7 Å². The zero-order valence-electron chi connectivity index (χ0n) is 11.8. The van der Waals surface area contributed by atoms with E-state index in [-0.39, 0.29) is 36.8 Å². The summed E-state index contributed by atoms with van der Waals surface area (Å²) in [6, 6.07) is 4.27. The van der Waals surface area contributed by atoms with Crippen LogP contribution in [-0.2, 0) is 0 Å². The minimum atomic E-state index is -0.108. The summed E-state index contributed by atoms with van der Waals surface area (Å²) >= 11 is 3.14. The van der Waals surface area contributed by atoms with E-state index in [1.54, 1.807) is 11.3 Å². The molecule has 0 aromatic carbocycles.